The normalized spacial score (nSPS) is 13.1. The lowest BCUT2D eigenvalue weighted by atomic mass is 10.2. The Morgan fingerprint density at radius 2 is 2.20 bits per heavy atom. The number of hydrogen-bond donors (Lipinski definition) is 1. The predicted octanol–water partition coefficient (Wildman–Crippen LogP) is 2.84. The minimum absolute atomic E-state index is 0.112. The van der Waals surface area contributed by atoms with E-state index in [1.807, 2.05) is 13.0 Å². The van der Waals surface area contributed by atoms with Crippen LogP contribution in [0.25, 0.3) is 0 Å². The molecule has 2 N–H and O–H groups in total. The first-order chi connectivity index (χ1) is 7.09. The second-order valence-electron chi connectivity index (χ2n) is 3.14. The van der Waals surface area contributed by atoms with E-state index in [4.69, 9.17) is 33.8 Å². The fourth-order valence-electron chi connectivity index (χ4n) is 0.880. The molecule has 0 radical (unpaired) electrons. The Hall–Kier alpha value is -0.770. The zero-order valence-corrected chi connectivity index (χ0v) is 9.79. The van der Waals surface area contributed by atoms with Gasteiger partial charge in [0.2, 0.25) is 0 Å². The minimum atomic E-state index is -0.112. The first-order valence-electron chi connectivity index (χ1n) is 4.44. The standard InChI is InChI=1S/C10H12Cl2N2O/c1-7(13)5-14-15-6-8-2-3-9(11)10(12)4-8/h2-5,7H,6,13H2,1H3/b14-5+. The third-order valence-corrected chi connectivity index (χ3v) is 2.32. The average Bonchev–Trinajstić information content (AvgIpc) is 2.18. The van der Waals surface area contributed by atoms with Gasteiger partial charge in [-0.3, -0.25) is 0 Å². The number of hydrogen-bond acceptors (Lipinski definition) is 3. The molecule has 3 nitrogen and oxygen atoms in total. The summed E-state index contributed by atoms with van der Waals surface area (Å²) in [6.45, 7) is 2.16. The highest BCUT2D eigenvalue weighted by Crippen LogP contribution is 2.22. The van der Waals surface area contributed by atoms with Gasteiger partial charge in [-0.2, -0.15) is 0 Å². The monoisotopic (exact) mass is 246 g/mol. The molecule has 0 saturated heterocycles. The first kappa shape index (κ1) is 12.3. The van der Waals surface area contributed by atoms with Crippen molar-refractivity contribution in [2.24, 2.45) is 10.9 Å². The highest BCUT2D eigenvalue weighted by Gasteiger charge is 1.99. The maximum absolute atomic E-state index is 5.83. The maximum Gasteiger partial charge on any atom is 0.142 e. The van der Waals surface area contributed by atoms with Gasteiger partial charge in [0, 0.05) is 6.04 Å². The Balaban J connectivity index is 2.48. The number of nitrogens with zero attached hydrogens (tertiary/aromatic N) is 1. The lowest BCUT2D eigenvalue weighted by Gasteiger charge is -2.02. The van der Waals surface area contributed by atoms with Crippen molar-refractivity contribution in [2.75, 3.05) is 0 Å². The van der Waals surface area contributed by atoms with E-state index < -0.39 is 0 Å². The minimum Gasteiger partial charge on any atom is -0.391 e. The zero-order valence-electron chi connectivity index (χ0n) is 8.28. The van der Waals surface area contributed by atoms with Crippen molar-refractivity contribution in [1.29, 1.82) is 0 Å². The lowest BCUT2D eigenvalue weighted by molar-refractivity contribution is 0.131. The van der Waals surface area contributed by atoms with Crippen LogP contribution in [-0.2, 0) is 11.4 Å². The van der Waals surface area contributed by atoms with Gasteiger partial charge in [0.05, 0.1) is 16.3 Å². The van der Waals surface area contributed by atoms with E-state index in [2.05, 4.69) is 5.16 Å². The lowest BCUT2D eigenvalue weighted by Crippen LogP contribution is -2.15. The predicted molar refractivity (Wildman–Crippen MR) is 63.4 cm³/mol. The van der Waals surface area contributed by atoms with Crippen molar-refractivity contribution in [3.63, 3.8) is 0 Å². The Bertz CT molecular complexity index is 353. The van der Waals surface area contributed by atoms with Gasteiger partial charge in [-0.25, -0.2) is 0 Å². The van der Waals surface area contributed by atoms with E-state index in [-0.39, 0.29) is 6.04 Å². The fourth-order valence-corrected chi connectivity index (χ4v) is 1.20. The molecular formula is C10H12Cl2N2O. The van der Waals surface area contributed by atoms with Crippen molar-refractivity contribution in [2.45, 2.75) is 19.6 Å². The largest absolute Gasteiger partial charge is 0.391 e. The summed E-state index contributed by atoms with van der Waals surface area (Å²) in [6.07, 6.45) is 1.53. The molecule has 0 heterocycles. The van der Waals surface area contributed by atoms with Gasteiger partial charge in [0.25, 0.3) is 0 Å². The van der Waals surface area contributed by atoms with Crippen molar-refractivity contribution < 1.29 is 4.84 Å². The fraction of sp³-hybridized carbons (Fsp3) is 0.300. The summed E-state index contributed by atoms with van der Waals surface area (Å²) in [4.78, 5) is 5.01. The van der Waals surface area contributed by atoms with Crippen LogP contribution in [0.3, 0.4) is 0 Å². The van der Waals surface area contributed by atoms with Crippen molar-refractivity contribution in [3.05, 3.63) is 33.8 Å². The first-order valence-corrected chi connectivity index (χ1v) is 5.20. The summed E-state index contributed by atoms with van der Waals surface area (Å²) >= 11 is 11.6. The quantitative estimate of drug-likeness (QED) is 0.656. The molecule has 0 aromatic heterocycles. The van der Waals surface area contributed by atoms with Crippen molar-refractivity contribution >= 4 is 29.4 Å². The van der Waals surface area contributed by atoms with Crippen LogP contribution in [0, 0.1) is 0 Å². The molecule has 0 amide bonds. The molecule has 15 heavy (non-hydrogen) atoms. The molecule has 1 unspecified atom stereocenters. The zero-order chi connectivity index (χ0) is 11.3. The summed E-state index contributed by atoms with van der Waals surface area (Å²) in [5.41, 5.74) is 6.36. The van der Waals surface area contributed by atoms with Gasteiger partial charge in [-0.1, -0.05) is 34.4 Å². The molecule has 0 aliphatic heterocycles. The third-order valence-electron chi connectivity index (χ3n) is 1.59. The molecule has 1 atom stereocenters. The molecule has 0 aliphatic rings. The van der Waals surface area contributed by atoms with Gasteiger partial charge >= 0.3 is 0 Å². The van der Waals surface area contributed by atoms with Gasteiger partial charge < -0.3 is 10.6 Å². The topological polar surface area (TPSA) is 47.6 Å². The van der Waals surface area contributed by atoms with Gasteiger partial charge in [0.15, 0.2) is 0 Å². The average molecular weight is 247 g/mol. The van der Waals surface area contributed by atoms with E-state index in [1.54, 1.807) is 12.1 Å². The van der Waals surface area contributed by atoms with E-state index in [1.165, 1.54) is 6.21 Å². The molecule has 0 aliphatic carbocycles. The Morgan fingerprint density at radius 3 is 2.80 bits per heavy atom. The van der Waals surface area contributed by atoms with E-state index in [0.29, 0.717) is 16.7 Å². The van der Waals surface area contributed by atoms with Crippen LogP contribution < -0.4 is 5.73 Å². The molecule has 0 fully saturated rings. The smallest absolute Gasteiger partial charge is 0.142 e. The summed E-state index contributed by atoms with van der Waals surface area (Å²) < 4.78 is 0. The number of benzene rings is 1. The van der Waals surface area contributed by atoms with Crippen molar-refractivity contribution in [1.82, 2.24) is 0 Å². The summed E-state index contributed by atoms with van der Waals surface area (Å²) in [7, 11) is 0. The van der Waals surface area contributed by atoms with Crippen LogP contribution in [0.1, 0.15) is 12.5 Å². The van der Waals surface area contributed by atoms with E-state index in [9.17, 15) is 0 Å². The molecule has 1 rings (SSSR count). The number of oxime groups is 1. The number of rotatable bonds is 4. The van der Waals surface area contributed by atoms with Crippen LogP contribution >= 0.6 is 23.2 Å². The van der Waals surface area contributed by atoms with Crippen LogP contribution in [0.4, 0.5) is 0 Å². The van der Waals surface area contributed by atoms with Gasteiger partial charge in [-0.05, 0) is 24.6 Å². The molecule has 0 spiro atoms. The van der Waals surface area contributed by atoms with Gasteiger partial charge in [-0.15, -0.1) is 0 Å². The maximum atomic E-state index is 5.83. The molecule has 1 aromatic rings. The molecule has 0 saturated carbocycles. The highest BCUT2D eigenvalue weighted by atomic mass is 35.5. The summed E-state index contributed by atoms with van der Waals surface area (Å²) in [6, 6.07) is 5.18. The second kappa shape index (κ2) is 5.95. The summed E-state index contributed by atoms with van der Waals surface area (Å²) in [5.74, 6) is 0. The van der Waals surface area contributed by atoms with Crippen LogP contribution in [-0.4, -0.2) is 12.3 Å². The molecule has 5 heteroatoms. The number of halogens is 2. The van der Waals surface area contributed by atoms with Crippen LogP contribution in [0.2, 0.25) is 10.0 Å². The Morgan fingerprint density at radius 1 is 1.47 bits per heavy atom. The second-order valence-corrected chi connectivity index (χ2v) is 3.95. The van der Waals surface area contributed by atoms with Gasteiger partial charge in [0.1, 0.15) is 6.61 Å². The highest BCUT2D eigenvalue weighted by molar-refractivity contribution is 6.42. The Labute approximate surface area is 98.8 Å². The SMILES string of the molecule is CC(N)/C=N/OCc1ccc(Cl)c(Cl)c1. The molecule has 82 valence electrons. The molecule has 0 bridgehead atoms. The van der Waals surface area contributed by atoms with Crippen molar-refractivity contribution in [3.8, 4) is 0 Å². The Kier molecular flexibility index (Phi) is 4.88. The van der Waals surface area contributed by atoms with Crippen LogP contribution in [0.5, 0.6) is 0 Å². The summed E-state index contributed by atoms with van der Waals surface area (Å²) in [5, 5.41) is 4.73. The van der Waals surface area contributed by atoms with E-state index >= 15 is 0 Å². The van der Waals surface area contributed by atoms with E-state index in [0.717, 1.165) is 5.56 Å². The third kappa shape index (κ3) is 4.51. The molecular weight excluding hydrogens is 235 g/mol. The van der Waals surface area contributed by atoms with Crippen LogP contribution in [0.15, 0.2) is 23.4 Å². The molecule has 1 aromatic carbocycles. The number of nitrogens with two attached hydrogens (primary N) is 1.